The van der Waals surface area contributed by atoms with Gasteiger partial charge in [-0.25, -0.2) is 0 Å². The van der Waals surface area contributed by atoms with E-state index in [0.717, 1.165) is 26.5 Å². The largest absolute Gasteiger partial charge is 0.384 e. The predicted octanol–water partition coefficient (Wildman–Crippen LogP) is 4.86. The summed E-state index contributed by atoms with van der Waals surface area (Å²) in [4.78, 5) is 0. The molecule has 0 heterocycles. The van der Waals surface area contributed by atoms with E-state index in [1.54, 1.807) is 0 Å². The van der Waals surface area contributed by atoms with Gasteiger partial charge in [0.15, 0.2) is 0 Å². The lowest BCUT2D eigenvalue weighted by Crippen LogP contribution is -2.01. The zero-order chi connectivity index (χ0) is 13.1. The van der Waals surface area contributed by atoms with Gasteiger partial charge < -0.3 is 5.11 Å². The molecule has 18 heavy (non-hydrogen) atoms. The second kappa shape index (κ2) is 6.00. The van der Waals surface area contributed by atoms with E-state index in [0.29, 0.717) is 0 Å². The maximum atomic E-state index is 10.4. The van der Waals surface area contributed by atoms with Gasteiger partial charge in [0.25, 0.3) is 0 Å². The lowest BCUT2D eigenvalue weighted by Gasteiger charge is -2.14. The van der Waals surface area contributed by atoms with Crippen LogP contribution in [0.25, 0.3) is 0 Å². The molecule has 0 saturated carbocycles. The highest BCUT2D eigenvalue weighted by atomic mass is 79.9. The van der Waals surface area contributed by atoms with Crippen LogP contribution >= 0.6 is 31.9 Å². The Hall–Kier alpha value is -0.640. The highest BCUT2D eigenvalue weighted by molar-refractivity contribution is 9.11. The molecule has 0 bridgehead atoms. The average Bonchev–Trinajstić information content (AvgIpc) is 2.41. The molecule has 0 spiro atoms. The molecular formula is C15H14Br2O. The molecule has 2 rings (SSSR count). The molecular weight excluding hydrogens is 356 g/mol. The predicted molar refractivity (Wildman–Crippen MR) is 81.7 cm³/mol. The molecule has 2 aromatic rings. The Bertz CT molecular complexity index is 535. The lowest BCUT2D eigenvalue weighted by molar-refractivity contribution is 0.219. The van der Waals surface area contributed by atoms with Crippen LogP contribution in [0.2, 0.25) is 0 Å². The number of rotatable bonds is 3. The summed E-state index contributed by atoms with van der Waals surface area (Å²) >= 11 is 6.90. The second-order valence-electron chi connectivity index (χ2n) is 4.16. The van der Waals surface area contributed by atoms with Gasteiger partial charge in [-0.3, -0.25) is 0 Å². The smallest absolute Gasteiger partial charge is 0.105 e. The molecule has 0 aliphatic carbocycles. The minimum atomic E-state index is -0.609. The van der Waals surface area contributed by atoms with Gasteiger partial charge in [0, 0.05) is 14.5 Å². The molecule has 0 saturated heterocycles. The molecule has 2 aromatic carbocycles. The maximum absolute atomic E-state index is 10.4. The van der Waals surface area contributed by atoms with E-state index in [2.05, 4.69) is 50.9 Å². The van der Waals surface area contributed by atoms with Crippen LogP contribution in [0, 0.1) is 0 Å². The highest BCUT2D eigenvalue weighted by Gasteiger charge is 2.13. The fourth-order valence-corrected chi connectivity index (χ4v) is 2.68. The molecule has 0 aliphatic heterocycles. The normalized spacial score (nSPS) is 12.4. The molecule has 0 aromatic heterocycles. The van der Waals surface area contributed by atoms with Crippen molar-refractivity contribution in [1.29, 1.82) is 0 Å². The van der Waals surface area contributed by atoms with Crippen molar-refractivity contribution >= 4 is 31.9 Å². The summed E-state index contributed by atoms with van der Waals surface area (Å²) in [6.07, 6.45) is 0.402. The molecule has 94 valence electrons. The standard InChI is InChI=1S/C15H14Br2O/c1-2-10-3-5-11(6-4-10)15(18)13-9-12(16)7-8-14(13)17/h3-9,15,18H,2H2,1H3. The van der Waals surface area contributed by atoms with E-state index in [4.69, 9.17) is 0 Å². The summed E-state index contributed by atoms with van der Waals surface area (Å²) in [5.74, 6) is 0. The third-order valence-corrected chi connectivity index (χ3v) is 4.17. The Morgan fingerprint density at radius 2 is 1.72 bits per heavy atom. The van der Waals surface area contributed by atoms with Crippen molar-refractivity contribution in [1.82, 2.24) is 0 Å². The Balaban J connectivity index is 2.34. The number of halogens is 2. The molecule has 1 unspecified atom stereocenters. The Labute approximate surface area is 124 Å². The topological polar surface area (TPSA) is 20.2 Å². The first-order valence-corrected chi connectivity index (χ1v) is 7.42. The van der Waals surface area contributed by atoms with Crippen LogP contribution in [-0.2, 0) is 6.42 Å². The van der Waals surface area contributed by atoms with Gasteiger partial charge in [-0.05, 0) is 35.7 Å². The second-order valence-corrected chi connectivity index (χ2v) is 5.93. The van der Waals surface area contributed by atoms with Crippen LogP contribution in [-0.4, -0.2) is 5.11 Å². The summed E-state index contributed by atoms with van der Waals surface area (Å²) in [5, 5.41) is 10.4. The van der Waals surface area contributed by atoms with Crippen molar-refractivity contribution in [2.75, 3.05) is 0 Å². The fourth-order valence-electron chi connectivity index (χ4n) is 1.84. The zero-order valence-electron chi connectivity index (χ0n) is 10.0. The summed E-state index contributed by atoms with van der Waals surface area (Å²) in [7, 11) is 0. The molecule has 3 heteroatoms. The summed E-state index contributed by atoms with van der Waals surface area (Å²) in [5.41, 5.74) is 3.05. The molecule has 1 N–H and O–H groups in total. The molecule has 1 nitrogen and oxygen atoms in total. The van der Waals surface area contributed by atoms with Gasteiger partial charge >= 0.3 is 0 Å². The molecule has 0 aliphatic rings. The van der Waals surface area contributed by atoms with Gasteiger partial charge in [0.1, 0.15) is 6.10 Å². The van der Waals surface area contributed by atoms with Crippen molar-refractivity contribution in [3.63, 3.8) is 0 Å². The highest BCUT2D eigenvalue weighted by Crippen LogP contribution is 2.31. The van der Waals surface area contributed by atoms with E-state index < -0.39 is 6.10 Å². The van der Waals surface area contributed by atoms with Gasteiger partial charge in [0.05, 0.1) is 0 Å². The minimum absolute atomic E-state index is 0.609. The third-order valence-electron chi connectivity index (χ3n) is 2.96. The van der Waals surface area contributed by atoms with Crippen LogP contribution in [0.15, 0.2) is 51.4 Å². The third kappa shape index (κ3) is 3.02. The summed E-state index contributed by atoms with van der Waals surface area (Å²) in [6.45, 7) is 2.12. The first-order chi connectivity index (χ1) is 8.61. The number of benzene rings is 2. The van der Waals surface area contributed by atoms with Gasteiger partial charge in [-0.1, -0.05) is 63.0 Å². The van der Waals surface area contributed by atoms with Crippen LogP contribution in [0.5, 0.6) is 0 Å². The first kappa shape index (κ1) is 13.8. The SMILES string of the molecule is CCc1ccc(C(O)c2cc(Br)ccc2Br)cc1. The van der Waals surface area contributed by atoms with E-state index in [-0.39, 0.29) is 0 Å². The molecule has 0 fully saturated rings. The maximum Gasteiger partial charge on any atom is 0.105 e. The van der Waals surface area contributed by atoms with E-state index in [1.165, 1.54) is 5.56 Å². The fraction of sp³-hybridized carbons (Fsp3) is 0.200. The zero-order valence-corrected chi connectivity index (χ0v) is 13.2. The molecule has 0 amide bonds. The molecule has 0 radical (unpaired) electrons. The lowest BCUT2D eigenvalue weighted by atomic mass is 10.00. The molecule has 1 atom stereocenters. The van der Waals surface area contributed by atoms with Crippen LogP contribution in [0.4, 0.5) is 0 Å². The quantitative estimate of drug-likeness (QED) is 0.819. The van der Waals surface area contributed by atoms with Crippen molar-refractivity contribution in [2.45, 2.75) is 19.4 Å². The average molecular weight is 370 g/mol. The van der Waals surface area contributed by atoms with E-state index >= 15 is 0 Å². The Morgan fingerprint density at radius 3 is 2.33 bits per heavy atom. The van der Waals surface area contributed by atoms with Gasteiger partial charge in [-0.15, -0.1) is 0 Å². The van der Waals surface area contributed by atoms with E-state index in [1.807, 2.05) is 30.3 Å². The van der Waals surface area contributed by atoms with Crippen molar-refractivity contribution < 1.29 is 5.11 Å². The minimum Gasteiger partial charge on any atom is -0.384 e. The summed E-state index contributed by atoms with van der Waals surface area (Å²) in [6, 6.07) is 13.9. The number of hydrogen-bond donors (Lipinski definition) is 1. The van der Waals surface area contributed by atoms with E-state index in [9.17, 15) is 5.11 Å². The number of aliphatic hydroxyl groups excluding tert-OH is 1. The first-order valence-electron chi connectivity index (χ1n) is 5.83. The Morgan fingerprint density at radius 1 is 1.06 bits per heavy atom. The van der Waals surface area contributed by atoms with Crippen molar-refractivity contribution in [3.8, 4) is 0 Å². The monoisotopic (exact) mass is 368 g/mol. The number of aliphatic hydroxyl groups is 1. The van der Waals surface area contributed by atoms with Crippen LogP contribution in [0.1, 0.15) is 29.7 Å². The Kier molecular flexibility index (Phi) is 4.60. The van der Waals surface area contributed by atoms with Crippen molar-refractivity contribution in [2.24, 2.45) is 0 Å². The summed E-state index contributed by atoms with van der Waals surface area (Å²) < 4.78 is 1.88. The van der Waals surface area contributed by atoms with Crippen LogP contribution in [0.3, 0.4) is 0 Å². The van der Waals surface area contributed by atoms with Crippen molar-refractivity contribution in [3.05, 3.63) is 68.1 Å². The van der Waals surface area contributed by atoms with Crippen LogP contribution < -0.4 is 0 Å². The number of aryl methyl sites for hydroxylation is 1. The van der Waals surface area contributed by atoms with Gasteiger partial charge in [-0.2, -0.15) is 0 Å². The number of hydrogen-bond acceptors (Lipinski definition) is 1. The van der Waals surface area contributed by atoms with Gasteiger partial charge in [0.2, 0.25) is 0 Å².